The monoisotopic (exact) mass is 395 g/mol. The number of aryl methyl sites for hydroxylation is 1. The van der Waals surface area contributed by atoms with Crippen LogP contribution in [0.5, 0.6) is 0 Å². The van der Waals surface area contributed by atoms with Gasteiger partial charge in [0, 0.05) is 24.2 Å². The fraction of sp³-hybridized carbons (Fsp3) is 0.143. The van der Waals surface area contributed by atoms with Crippen molar-refractivity contribution >= 4 is 38.3 Å². The number of nitrogens with one attached hydrogen (secondary N) is 1. The van der Waals surface area contributed by atoms with E-state index in [2.05, 4.69) is 20.3 Å². The quantitative estimate of drug-likeness (QED) is 0.540. The Morgan fingerprint density at radius 1 is 1.07 bits per heavy atom. The van der Waals surface area contributed by atoms with Crippen LogP contribution in [0, 0.1) is 12.7 Å². The van der Waals surface area contributed by atoms with Crippen LogP contribution < -0.4 is 5.32 Å². The second kappa shape index (κ2) is 7.40. The number of aromatic nitrogens is 4. The van der Waals surface area contributed by atoms with Crippen molar-refractivity contribution in [2.24, 2.45) is 7.05 Å². The van der Waals surface area contributed by atoms with E-state index in [0.717, 1.165) is 22.5 Å². The zero-order valence-corrected chi connectivity index (χ0v) is 16.4. The summed E-state index contributed by atoms with van der Waals surface area (Å²) in [7, 11) is 13.9. The molecule has 4 aromatic rings. The van der Waals surface area contributed by atoms with Crippen molar-refractivity contribution in [1.82, 2.24) is 19.5 Å². The SMILES string of the molecule is [B]C([B])(C(=O)Nc1cc2cc(-c3cnc(C)n3C)cnc2cn1)c1ccc(F)cc1. The number of hydrogen-bond acceptors (Lipinski definition) is 4. The number of hydrogen-bond donors (Lipinski definition) is 1. The minimum atomic E-state index is -1.85. The molecule has 9 heteroatoms. The molecule has 144 valence electrons. The Balaban J connectivity index is 1.63. The van der Waals surface area contributed by atoms with Gasteiger partial charge in [0.2, 0.25) is 5.91 Å². The maximum atomic E-state index is 13.1. The highest BCUT2D eigenvalue weighted by Gasteiger charge is 2.29. The Morgan fingerprint density at radius 2 is 1.80 bits per heavy atom. The Kier molecular flexibility index (Phi) is 4.89. The lowest BCUT2D eigenvalue weighted by Gasteiger charge is -2.25. The number of anilines is 1. The maximum absolute atomic E-state index is 13.1. The summed E-state index contributed by atoms with van der Waals surface area (Å²) in [5.41, 5.74) is 2.74. The lowest BCUT2D eigenvalue weighted by Crippen LogP contribution is -2.41. The Morgan fingerprint density at radius 3 is 2.47 bits per heavy atom. The first-order valence-corrected chi connectivity index (χ1v) is 9.15. The van der Waals surface area contributed by atoms with E-state index in [-0.39, 0.29) is 11.4 Å². The number of amides is 1. The van der Waals surface area contributed by atoms with Gasteiger partial charge in [0.25, 0.3) is 0 Å². The van der Waals surface area contributed by atoms with Crippen LogP contribution in [0.4, 0.5) is 10.2 Å². The fourth-order valence-corrected chi connectivity index (χ4v) is 3.09. The molecule has 0 spiro atoms. The van der Waals surface area contributed by atoms with Crippen molar-refractivity contribution in [1.29, 1.82) is 0 Å². The second-order valence-electron chi connectivity index (χ2n) is 7.07. The molecule has 0 saturated carbocycles. The predicted molar refractivity (Wildman–Crippen MR) is 115 cm³/mol. The number of halogens is 1. The summed E-state index contributed by atoms with van der Waals surface area (Å²) in [6.45, 7) is 1.92. The van der Waals surface area contributed by atoms with Gasteiger partial charge in [-0.05, 0) is 42.0 Å². The van der Waals surface area contributed by atoms with Gasteiger partial charge in [-0.15, -0.1) is 0 Å². The summed E-state index contributed by atoms with van der Waals surface area (Å²) in [4.78, 5) is 25.6. The summed E-state index contributed by atoms with van der Waals surface area (Å²) < 4.78 is 15.1. The van der Waals surface area contributed by atoms with Crippen molar-refractivity contribution in [2.75, 3.05) is 5.32 Å². The first-order chi connectivity index (χ1) is 14.3. The molecule has 1 N–H and O–H groups in total. The van der Waals surface area contributed by atoms with E-state index in [0.29, 0.717) is 5.52 Å². The molecule has 4 rings (SSSR count). The van der Waals surface area contributed by atoms with Crippen molar-refractivity contribution in [2.45, 2.75) is 12.1 Å². The summed E-state index contributed by atoms with van der Waals surface area (Å²) >= 11 is 0. The van der Waals surface area contributed by atoms with E-state index >= 15 is 0 Å². The third kappa shape index (κ3) is 3.58. The van der Waals surface area contributed by atoms with E-state index < -0.39 is 16.9 Å². The molecule has 0 aliphatic carbocycles. The van der Waals surface area contributed by atoms with E-state index in [1.807, 2.05) is 24.6 Å². The standard InChI is InChI=1S/C21H16B2FN5O/c1-12-25-11-18(29(12)2)14-7-13-8-19(27-10-17(13)26-9-14)28-20(30)21(22,23)15-3-5-16(24)6-4-15/h3-11H,1-2H3,(H,27,28,30). The Labute approximate surface area is 175 Å². The van der Waals surface area contributed by atoms with Crippen LogP contribution in [0.2, 0.25) is 0 Å². The average molecular weight is 395 g/mol. The van der Waals surface area contributed by atoms with Crippen molar-refractivity contribution in [3.05, 3.63) is 72.2 Å². The van der Waals surface area contributed by atoms with Crippen molar-refractivity contribution < 1.29 is 9.18 Å². The lowest BCUT2D eigenvalue weighted by atomic mass is 9.50. The summed E-state index contributed by atoms with van der Waals surface area (Å²) in [5, 5.41) is 1.55. The molecule has 0 unspecified atom stereocenters. The predicted octanol–water partition coefficient (Wildman–Crippen LogP) is 2.61. The van der Waals surface area contributed by atoms with Crippen LogP contribution in [0.25, 0.3) is 22.2 Å². The van der Waals surface area contributed by atoms with Gasteiger partial charge >= 0.3 is 0 Å². The maximum Gasteiger partial charge on any atom is 0.218 e. The number of imidazole rings is 1. The summed E-state index contributed by atoms with van der Waals surface area (Å²) in [6, 6.07) is 8.75. The van der Waals surface area contributed by atoms with Crippen molar-refractivity contribution in [3.63, 3.8) is 0 Å². The third-order valence-corrected chi connectivity index (χ3v) is 5.02. The third-order valence-electron chi connectivity index (χ3n) is 5.02. The zero-order valence-electron chi connectivity index (χ0n) is 16.4. The first-order valence-electron chi connectivity index (χ1n) is 9.15. The second-order valence-corrected chi connectivity index (χ2v) is 7.07. The number of pyridine rings is 2. The van der Waals surface area contributed by atoms with Crippen LogP contribution in [-0.2, 0) is 17.1 Å². The van der Waals surface area contributed by atoms with Gasteiger partial charge in [-0.3, -0.25) is 9.78 Å². The van der Waals surface area contributed by atoms with Gasteiger partial charge in [-0.1, -0.05) is 12.1 Å². The Hall–Kier alpha value is -3.48. The Bertz CT molecular complexity index is 1250. The molecule has 1 aromatic carbocycles. The zero-order chi connectivity index (χ0) is 21.5. The van der Waals surface area contributed by atoms with Crippen LogP contribution in [0.1, 0.15) is 11.4 Å². The van der Waals surface area contributed by atoms with Gasteiger partial charge in [0.05, 0.1) is 39.3 Å². The molecule has 3 heterocycles. The lowest BCUT2D eigenvalue weighted by molar-refractivity contribution is -0.117. The van der Waals surface area contributed by atoms with Gasteiger partial charge in [0.1, 0.15) is 17.5 Å². The molecule has 6 nitrogen and oxygen atoms in total. The van der Waals surface area contributed by atoms with E-state index in [9.17, 15) is 9.18 Å². The highest BCUT2D eigenvalue weighted by molar-refractivity contribution is 6.52. The number of fused-ring (bicyclic) bond motifs is 1. The number of carbonyl (C=O) groups is 1. The van der Waals surface area contributed by atoms with Crippen LogP contribution in [-0.4, -0.2) is 41.1 Å². The summed E-state index contributed by atoms with van der Waals surface area (Å²) in [5.74, 6) is 0.0382. The van der Waals surface area contributed by atoms with Crippen LogP contribution >= 0.6 is 0 Å². The highest BCUT2D eigenvalue weighted by Crippen LogP contribution is 2.25. The van der Waals surface area contributed by atoms with Gasteiger partial charge in [-0.25, -0.2) is 14.4 Å². The molecule has 4 radical (unpaired) electrons. The van der Waals surface area contributed by atoms with E-state index in [4.69, 9.17) is 15.7 Å². The normalized spacial score (nSPS) is 11.6. The molecule has 0 fully saturated rings. The topological polar surface area (TPSA) is 72.7 Å². The smallest absolute Gasteiger partial charge is 0.218 e. The molecule has 30 heavy (non-hydrogen) atoms. The first kappa shape index (κ1) is 19.8. The largest absolute Gasteiger partial charge is 0.331 e. The number of benzene rings is 1. The van der Waals surface area contributed by atoms with Gasteiger partial charge in [0.15, 0.2) is 0 Å². The molecule has 0 aliphatic rings. The molecular weight excluding hydrogens is 379 g/mol. The number of carbonyl (C=O) groups excluding carboxylic acids is 1. The van der Waals surface area contributed by atoms with Crippen LogP contribution in [0.15, 0.2) is 55.0 Å². The van der Waals surface area contributed by atoms with Gasteiger partial charge < -0.3 is 9.88 Å². The molecule has 1 amide bonds. The molecule has 0 saturated heterocycles. The number of nitrogens with zero attached hydrogens (tertiary/aromatic N) is 4. The molecule has 0 aliphatic heterocycles. The molecule has 0 bridgehead atoms. The fourth-order valence-electron chi connectivity index (χ4n) is 3.09. The minimum absolute atomic E-state index is 0.273. The molecule has 0 atom stereocenters. The van der Waals surface area contributed by atoms with Gasteiger partial charge in [-0.2, -0.15) is 0 Å². The molecule has 3 aromatic heterocycles. The average Bonchev–Trinajstić information content (AvgIpc) is 3.06. The number of rotatable bonds is 4. The minimum Gasteiger partial charge on any atom is -0.331 e. The van der Waals surface area contributed by atoms with Crippen LogP contribution in [0.3, 0.4) is 0 Å². The highest BCUT2D eigenvalue weighted by atomic mass is 19.1. The van der Waals surface area contributed by atoms with E-state index in [1.165, 1.54) is 24.3 Å². The van der Waals surface area contributed by atoms with Crippen molar-refractivity contribution in [3.8, 4) is 11.3 Å². The summed E-state index contributed by atoms with van der Waals surface area (Å²) in [6.07, 6.45) is 5.08. The van der Waals surface area contributed by atoms with E-state index in [1.54, 1.807) is 24.7 Å². The molecular formula is C21H16B2FN5O.